The van der Waals surface area contributed by atoms with Crippen molar-refractivity contribution >= 4 is 22.4 Å². The minimum atomic E-state index is -0.301. The molecule has 0 radical (unpaired) electrons. The molecule has 7 heteroatoms. The molecule has 4 aromatic rings. The average molecular weight is 403 g/mol. The van der Waals surface area contributed by atoms with Crippen LogP contribution < -0.4 is 14.8 Å². The van der Waals surface area contributed by atoms with E-state index >= 15 is 0 Å². The lowest BCUT2D eigenvalue weighted by Gasteiger charge is -2.08. The summed E-state index contributed by atoms with van der Waals surface area (Å²) in [6.07, 6.45) is 0. The summed E-state index contributed by atoms with van der Waals surface area (Å²) >= 11 is 1.31. The van der Waals surface area contributed by atoms with Crippen LogP contribution in [-0.4, -0.2) is 22.7 Å². The molecule has 0 unspecified atom stereocenters. The van der Waals surface area contributed by atoms with Crippen LogP contribution in [-0.2, 0) is 4.79 Å². The van der Waals surface area contributed by atoms with Crippen molar-refractivity contribution in [3.05, 3.63) is 84.9 Å². The van der Waals surface area contributed by atoms with Crippen LogP contribution in [0, 0.1) is 0 Å². The molecule has 0 aliphatic rings. The van der Waals surface area contributed by atoms with E-state index in [9.17, 15) is 4.79 Å². The molecule has 0 bridgehead atoms. The number of ether oxygens (including phenoxy) is 2. The molecule has 6 nitrogen and oxygen atoms in total. The van der Waals surface area contributed by atoms with Gasteiger partial charge in [-0.1, -0.05) is 59.9 Å². The lowest BCUT2D eigenvalue weighted by molar-refractivity contribution is -0.118. The highest BCUT2D eigenvalue weighted by Crippen LogP contribution is 2.26. The van der Waals surface area contributed by atoms with Crippen molar-refractivity contribution in [3.63, 3.8) is 0 Å². The summed E-state index contributed by atoms with van der Waals surface area (Å²) in [6.45, 7) is -0.126. The Balaban J connectivity index is 1.28. The van der Waals surface area contributed by atoms with Gasteiger partial charge in [0.25, 0.3) is 5.91 Å². The lowest BCUT2D eigenvalue weighted by Crippen LogP contribution is -2.20. The van der Waals surface area contributed by atoms with Gasteiger partial charge in [-0.3, -0.25) is 10.1 Å². The van der Waals surface area contributed by atoms with Crippen molar-refractivity contribution in [1.29, 1.82) is 0 Å². The van der Waals surface area contributed by atoms with Gasteiger partial charge in [-0.15, -0.1) is 10.2 Å². The van der Waals surface area contributed by atoms with Crippen molar-refractivity contribution in [2.24, 2.45) is 0 Å². The quantitative estimate of drug-likeness (QED) is 0.469. The highest BCUT2D eigenvalue weighted by Gasteiger charge is 2.10. The highest BCUT2D eigenvalue weighted by atomic mass is 32.1. The van der Waals surface area contributed by atoms with E-state index in [1.807, 2.05) is 60.7 Å². The Hall–Kier alpha value is -3.71. The molecule has 0 spiro atoms. The van der Waals surface area contributed by atoms with Gasteiger partial charge in [0.2, 0.25) is 5.13 Å². The molecule has 29 heavy (non-hydrogen) atoms. The van der Waals surface area contributed by atoms with E-state index in [-0.39, 0.29) is 12.5 Å². The first-order valence-corrected chi connectivity index (χ1v) is 9.72. The second-order valence-electron chi connectivity index (χ2n) is 6.00. The molecule has 0 saturated heterocycles. The van der Waals surface area contributed by atoms with Crippen molar-refractivity contribution < 1.29 is 14.3 Å². The van der Waals surface area contributed by atoms with Gasteiger partial charge >= 0.3 is 0 Å². The molecule has 3 aromatic carbocycles. The maximum absolute atomic E-state index is 12.1. The van der Waals surface area contributed by atoms with Crippen LogP contribution in [0.15, 0.2) is 84.9 Å². The summed E-state index contributed by atoms with van der Waals surface area (Å²) in [6, 6.07) is 26.3. The number of hydrogen-bond acceptors (Lipinski definition) is 6. The van der Waals surface area contributed by atoms with Crippen LogP contribution in [0.4, 0.5) is 5.13 Å². The fourth-order valence-electron chi connectivity index (χ4n) is 2.50. The van der Waals surface area contributed by atoms with E-state index in [1.54, 1.807) is 24.3 Å². The number of aromatic nitrogens is 2. The van der Waals surface area contributed by atoms with E-state index < -0.39 is 0 Å². The standard InChI is InChI=1S/C22H17N3O3S/c26-20(23-22-25-24-21(29-22)16-7-3-1-4-8-16)15-27-17-11-13-19(14-12-17)28-18-9-5-2-6-10-18/h1-14H,15H2,(H,23,25,26). The van der Waals surface area contributed by atoms with E-state index in [0.29, 0.717) is 16.6 Å². The van der Waals surface area contributed by atoms with E-state index in [1.165, 1.54) is 11.3 Å². The Kier molecular flexibility index (Phi) is 5.78. The summed E-state index contributed by atoms with van der Waals surface area (Å²) < 4.78 is 11.3. The zero-order chi connectivity index (χ0) is 19.9. The molecule has 1 heterocycles. The SMILES string of the molecule is O=C(COc1ccc(Oc2ccccc2)cc1)Nc1nnc(-c2ccccc2)s1. The molecule has 0 aliphatic heterocycles. The molecule has 0 atom stereocenters. The fourth-order valence-corrected chi connectivity index (χ4v) is 3.27. The smallest absolute Gasteiger partial charge is 0.264 e. The van der Waals surface area contributed by atoms with E-state index in [2.05, 4.69) is 15.5 Å². The zero-order valence-corrected chi connectivity index (χ0v) is 16.1. The number of para-hydroxylation sites is 1. The molecule has 0 saturated carbocycles. The number of nitrogens with one attached hydrogen (secondary N) is 1. The number of amides is 1. The van der Waals surface area contributed by atoms with Crippen LogP contribution in [0.25, 0.3) is 10.6 Å². The van der Waals surface area contributed by atoms with Gasteiger partial charge in [0, 0.05) is 5.56 Å². The zero-order valence-electron chi connectivity index (χ0n) is 15.3. The van der Waals surface area contributed by atoms with Gasteiger partial charge < -0.3 is 9.47 Å². The molecule has 4 rings (SSSR count). The van der Waals surface area contributed by atoms with Gasteiger partial charge in [-0.2, -0.15) is 0 Å². The van der Waals surface area contributed by atoms with Crippen LogP contribution in [0.1, 0.15) is 0 Å². The third-order valence-electron chi connectivity index (χ3n) is 3.86. The summed E-state index contributed by atoms with van der Waals surface area (Å²) in [5.41, 5.74) is 0.958. The Bertz CT molecular complexity index is 1070. The molecule has 0 aliphatic carbocycles. The highest BCUT2D eigenvalue weighted by molar-refractivity contribution is 7.18. The lowest BCUT2D eigenvalue weighted by atomic mass is 10.2. The normalized spacial score (nSPS) is 10.3. The van der Waals surface area contributed by atoms with E-state index in [4.69, 9.17) is 9.47 Å². The van der Waals surface area contributed by atoms with Crippen molar-refractivity contribution in [1.82, 2.24) is 10.2 Å². The van der Waals surface area contributed by atoms with Crippen LogP contribution in [0.3, 0.4) is 0 Å². The first-order chi connectivity index (χ1) is 14.3. The topological polar surface area (TPSA) is 73.3 Å². The van der Waals surface area contributed by atoms with Gasteiger partial charge in [0.05, 0.1) is 0 Å². The minimum Gasteiger partial charge on any atom is -0.484 e. The number of hydrogen-bond donors (Lipinski definition) is 1. The average Bonchev–Trinajstić information content (AvgIpc) is 3.23. The number of benzene rings is 3. The predicted octanol–water partition coefficient (Wildman–Crippen LogP) is 5.01. The monoisotopic (exact) mass is 403 g/mol. The molecular weight excluding hydrogens is 386 g/mol. The fraction of sp³-hybridized carbons (Fsp3) is 0.0455. The molecule has 1 amide bonds. The summed E-state index contributed by atoms with van der Waals surface area (Å²) in [4.78, 5) is 12.1. The van der Waals surface area contributed by atoms with Crippen LogP contribution in [0.2, 0.25) is 0 Å². The van der Waals surface area contributed by atoms with E-state index in [0.717, 1.165) is 16.3 Å². The Morgan fingerprint density at radius 1 is 0.793 bits per heavy atom. The third-order valence-corrected chi connectivity index (χ3v) is 4.75. The van der Waals surface area contributed by atoms with Gasteiger partial charge in [0.15, 0.2) is 6.61 Å². The predicted molar refractivity (Wildman–Crippen MR) is 112 cm³/mol. The molecule has 0 fully saturated rings. The Morgan fingerprint density at radius 2 is 1.41 bits per heavy atom. The number of nitrogens with zero attached hydrogens (tertiary/aromatic N) is 2. The van der Waals surface area contributed by atoms with Gasteiger partial charge in [0.1, 0.15) is 22.3 Å². The van der Waals surface area contributed by atoms with Crippen LogP contribution in [0.5, 0.6) is 17.2 Å². The summed E-state index contributed by atoms with van der Waals surface area (Å²) in [7, 11) is 0. The van der Waals surface area contributed by atoms with Gasteiger partial charge in [-0.25, -0.2) is 0 Å². The first kappa shape index (κ1) is 18.6. The van der Waals surface area contributed by atoms with Crippen molar-refractivity contribution in [2.75, 3.05) is 11.9 Å². The summed E-state index contributed by atoms with van der Waals surface area (Å²) in [5.74, 6) is 1.72. The van der Waals surface area contributed by atoms with Crippen LogP contribution >= 0.6 is 11.3 Å². The number of carbonyl (C=O) groups excluding carboxylic acids is 1. The third kappa shape index (κ3) is 5.18. The molecular formula is C22H17N3O3S. The number of rotatable bonds is 7. The second-order valence-corrected chi connectivity index (χ2v) is 6.98. The molecule has 144 valence electrons. The summed E-state index contributed by atoms with van der Waals surface area (Å²) in [5, 5.41) is 12.0. The second kappa shape index (κ2) is 8.99. The molecule has 1 aromatic heterocycles. The maximum Gasteiger partial charge on any atom is 0.264 e. The number of carbonyl (C=O) groups is 1. The first-order valence-electron chi connectivity index (χ1n) is 8.91. The molecule has 1 N–H and O–H groups in total. The number of anilines is 1. The van der Waals surface area contributed by atoms with Crippen molar-refractivity contribution in [2.45, 2.75) is 0 Å². The largest absolute Gasteiger partial charge is 0.484 e. The Morgan fingerprint density at radius 3 is 2.14 bits per heavy atom. The Labute approximate surface area is 171 Å². The van der Waals surface area contributed by atoms with Gasteiger partial charge in [-0.05, 0) is 36.4 Å². The minimum absolute atomic E-state index is 0.126. The maximum atomic E-state index is 12.1. The van der Waals surface area contributed by atoms with Crippen molar-refractivity contribution in [3.8, 4) is 27.8 Å².